The first-order chi connectivity index (χ1) is 14.7. The number of fused-ring (bicyclic) bond motifs is 3. The monoisotopic (exact) mass is 414 g/mol. The lowest BCUT2D eigenvalue weighted by Gasteiger charge is -2.37. The molecule has 5 heteroatoms. The third-order valence-electron chi connectivity index (χ3n) is 6.04. The van der Waals surface area contributed by atoms with Crippen molar-refractivity contribution in [1.29, 1.82) is 0 Å². The SMILES string of the molecule is O=[N+]([O-])c1ccc([C@@H]2Nc3ccc(CSc4ccccc4)cc3[C@@H]3C=CC[C@H]32)cc1. The molecule has 3 atom stereocenters. The Hall–Kier alpha value is -3.05. The van der Waals surface area contributed by atoms with Crippen LogP contribution in [-0.4, -0.2) is 4.92 Å². The average Bonchev–Trinajstić information content (AvgIpc) is 3.28. The molecular formula is C25H22N2O2S. The predicted molar refractivity (Wildman–Crippen MR) is 122 cm³/mol. The van der Waals surface area contributed by atoms with Gasteiger partial charge in [0.25, 0.3) is 5.69 Å². The molecule has 2 aliphatic rings. The van der Waals surface area contributed by atoms with Gasteiger partial charge in [0.2, 0.25) is 0 Å². The first-order valence-electron chi connectivity index (χ1n) is 10.2. The van der Waals surface area contributed by atoms with E-state index in [1.54, 1.807) is 12.1 Å². The zero-order valence-electron chi connectivity index (χ0n) is 16.4. The lowest BCUT2D eigenvalue weighted by Crippen LogP contribution is -2.29. The zero-order valence-corrected chi connectivity index (χ0v) is 17.2. The molecule has 0 unspecified atom stereocenters. The minimum Gasteiger partial charge on any atom is -0.378 e. The number of nitrogens with zero attached hydrogens (tertiary/aromatic N) is 1. The van der Waals surface area contributed by atoms with Crippen LogP contribution in [-0.2, 0) is 5.75 Å². The minimum absolute atomic E-state index is 0.136. The van der Waals surface area contributed by atoms with Crippen molar-refractivity contribution in [1.82, 2.24) is 0 Å². The Labute approximate surface area is 180 Å². The number of hydrogen-bond acceptors (Lipinski definition) is 4. The summed E-state index contributed by atoms with van der Waals surface area (Å²) in [7, 11) is 0. The molecule has 0 saturated heterocycles. The molecule has 0 bridgehead atoms. The molecule has 1 heterocycles. The summed E-state index contributed by atoms with van der Waals surface area (Å²) in [6, 6.07) is 24.4. The highest BCUT2D eigenvalue weighted by Crippen LogP contribution is 2.50. The largest absolute Gasteiger partial charge is 0.378 e. The number of anilines is 1. The lowest BCUT2D eigenvalue weighted by molar-refractivity contribution is -0.384. The number of benzene rings is 3. The Morgan fingerprint density at radius 2 is 1.83 bits per heavy atom. The van der Waals surface area contributed by atoms with Crippen LogP contribution in [0, 0.1) is 16.0 Å². The standard InChI is InChI=1S/C25H22N2O2S/c28-27(29)19-12-10-18(11-13-19)25-22-8-4-7-21(22)23-15-17(9-14-24(23)26-25)16-30-20-5-2-1-3-6-20/h1-7,9-15,21-22,25-26H,8,16H2/t21-,22-,25+/m1/s1. The van der Waals surface area contributed by atoms with E-state index >= 15 is 0 Å². The molecule has 4 nitrogen and oxygen atoms in total. The summed E-state index contributed by atoms with van der Waals surface area (Å²) in [6.07, 6.45) is 5.62. The van der Waals surface area contributed by atoms with Gasteiger partial charge in [-0.15, -0.1) is 11.8 Å². The third kappa shape index (κ3) is 3.61. The van der Waals surface area contributed by atoms with Crippen LogP contribution in [0.4, 0.5) is 11.4 Å². The van der Waals surface area contributed by atoms with E-state index in [1.165, 1.54) is 21.7 Å². The van der Waals surface area contributed by atoms with E-state index in [9.17, 15) is 10.1 Å². The van der Waals surface area contributed by atoms with Crippen molar-refractivity contribution in [2.45, 2.75) is 29.0 Å². The van der Waals surface area contributed by atoms with Gasteiger partial charge in [0, 0.05) is 34.4 Å². The number of allylic oxidation sites excluding steroid dienone is 2. The maximum Gasteiger partial charge on any atom is 0.269 e. The molecular weight excluding hydrogens is 392 g/mol. The second-order valence-electron chi connectivity index (χ2n) is 7.85. The summed E-state index contributed by atoms with van der Waals surface area (Å²) in [4.78, 5) is 11.9. The van der Waals surface area contributed by atoms with Crippen molar-refractivity contribution in [2.75, 3.05) is 5.32 Å². The van der Waals surface area contributed by atoms with Crippen LogP contribution in [0.2, 0.25) is 0 Å². The summed E-state index contributed by atoms with van der Waals surface area (Å²) in [5.41, 5.74) is 5.10. The van der Waals surface area contributed by atoms with E-state index in [0.29, 0.717) is 11.8 Å². The van der Waals surface area contributed by atoms with Crippen LogP contribution in [0.5, 0.6) is 0 Å². The van der Waals surface area contributed by atoms with E-state index in [1.807, 2.05) is 30.0 Å². The summed E-state index contributed by atoms with van der Waals surface area (Å²) in [5, 5.41) is 14.7. The van der Waals surface area contributed by atoms with Gasteiger partial charge in [0.1, 0.15) is 0 Å². The molecule has 0 saturated carbocycles. The van der Waals surface area contributed by atoms with Gasteiger partial charge < -0.3 is 5.32 Å². The summed E-state index contributed by atoms with van der Waals surface area (Å²) in [6.45, 7) is 0. The van der Waals surface area contributed by atoms with Gasteiger partial charge in [-0.3, -0.25) is 10.1 Å². The van der Waals surface area contributed by atoms with Crippen LogP contribution in [0.3, 0.4) is 0 Å². The van der Waals surface area contributed by atoms with Gasteiger partial charge in [-0.05, 0) is 47.2 Å². The van der Waals surface area contributed by atoms with Crippen molar-refractivity contribution in [3.05, 3.63) is 112 Å². The number of nitro benzene ring substituents is 1. The summed E-state index contributed by atoms with van der Waals surface area (Å²) < 4.78 is 0. The normalized spacial score (nSPS) is 21.5. The molecule has 5 rings (SSSR count). The zero-order chi connectivity index (χ0) is 20.5. The Kier molecular flexibility index (Phi) is 5.05. The van der Waals surface area contributed by atoms with Crippen LogP contribution in [0.25, 0.3) is 0 Å². The Bertz CT molecular complexity index is 1100. The highest BCUT2D eigenvalue weighted by atomic mass is 32.2. The van der Waals surface area contributed by atoms with Gasteiger partial charge in [-0.1, -0.05) is 54.6 Å². The van der Waals surface area contributed by atoms with E-state index in [0.717, 1.165) is 17.7 Å². The molecule has 30 heavy (non-hydrogen) atoms. The van der Waals surface area contributed by atoms with Crippen molar-refractivity contribution in [3.63, 3.8) is 0 Å². The summed E-state index contributed by atoms with van der Waals surface area (Å²) >= 11 is 1.86. The summed E-state index contributed by atoms with van der Waals surface area (Å²) in [5.74, 6) is 1.75. The lowest BCUT2D eigenvalue weighted by atomic mass is 9.76. The molecule has 3 aromatic carbocycles. The molecule has 0 aromatic heterocycles. The molecule has 0 fully saturated rings. The van der Waals surface area contributed by atoms with Gasteiger partial charge in [0.05, 0.1) is 11.0 Å². The maximum atomic E-state index is 11.0. The Morgan fingerprint density at radius 1 is 1.03 bits per heavy atom. The quantitative estimate of drug-likeness (QED) is 0.218. The second kappa shape index (κ2) is 8.00. The first-order valence-corrected chi connectivity index (χ1v) is 11.2. The molecule has 0 spiro atoms. The number of nitrogens with one attached hydrogen (secondary N) is 1. The smallest absolute Gasteiger partial charge is 0.269 e. The van der Waals surface area contributed by atoms with Gasteiger partial charge in [-0.25, -0.2) is 0 Å². The molecule has 0 radical (unpaired) electrons. The first kappa shape index (κ1) is 18.9. The highest BCUT2D eigenvalue weighted by Gasteiger charge is 2.38. The minimum atomic E-state index is -0.345. The topological polar surface area (TPSA) is 55.2 Å². The number of hydrogen-bond donors (Lipinski definition) is 1. The van der Waals surface area contributed by atoms with Crippen LogP contribution < -0.4 is 5.32 Å². The van der Waals surface area contributed by atoms with Crippen LogP contribution >= 0.6 is 11.8 Å². The van der Waals surface area contributed by atoms with Crippen molar-refractivity contribution in [2.24, 2.45) is 5.92 Å². The number of non-ortho nitro benzene ring substituents is 1. The second-order valence-corrected chi connectivity index (χ2v) is 8.90. The molecule has 1 aliphatic carbocycles. The number of thioether (sulfide) groups is 1. The average molecular weight is 415 g/mol. The van der Waals surface area contributed by atoms with Gasteiger partial charge in [0.15, 0.2) is 0 Å². The van der Waals surface area contributed by atoms with E-state index < -0.39 is 0 Å². The van der Waals surface area contributed by atoms with Crippen molar-refractivity contribution >= 4 is 23.1 Å². The Balaban J connectivity index is 1.40. The predicted octanol–water partition coefficient (Wildman–Crippen LogP) is 6.71. The van der Waals surface area contributed by atoms with Gasteiger partial charge >= 0.3 is 0 Å². The molecule has 150 valence electrons. The fourth-order valence-corrected chi connectivity index (χ4v) is 5.41. The number of nitro groups is 1. The van der Waals surface area contributed by atoms with E-state index in [2.05, 4.69) is 59.9 Å². The van der Waals surface area contributed by atoms with E-state index in [-0.39, 0.29) is 16.7 Å². The Morgan fingerprint density at radius 3 is 2.60 bits per heavy atom. The fraction of sp³-hybridized carbons (Fsp3) is 0.200. The number of rotatable bonds is 5. The van der Waals surface area contributed by atoms with Gasteiger partial charge in [-0.2, -0.15) is 0 Å². The van der Waals surface area contributed by atoms with Crippen molar-refractivity contribution < 1.29 is 4.92 Å². The highest BCUT2D eigenvalue weighted by molar-refractivity contribution is 7.98. The molecule has 0 amide bonds. The van der Waals surface area contributed by atoms with Crippen LogP contribution in [0.15, 0.2) is 89.8 Å². The van der Waals surface area contributed by atoms with Crippen molar-refractivity contribution in [3.8, 4) is 0 Å². The molecule has 3 aromatic rings. The fourth-order valence-electron chi connectivity index (χ4n) is 4.55. The van der Waals surface area contributed by atoms with Crippen LogP contribution in [0.1, 0.15) is 35.1 Å². The maximum absolute atomic E-state index is 11.0. The third-order valence-corrected chi connectivity index (χ3v) is 7.12. The van der Waals surface area contributed by atoms with E-state index in [4.69, 9.17) is 0 Å². The molecule has 1 aliphatic heterocycles. The molecule has 1 N–H and O–H groups in total.